The van der Waals surface area contributed by atoms with Gasteiger partial charge < -0.3 is 15.3 Å². The number of nitrogens with one attached hydrogen (secondary N) is 1. The van der Waals surface area contributed by atoms with E-state index >= 15 is 0 Å². The Morgan fingerprint density at radius 2 is 1.94 bits per heavy atom. The summed E-state index contributed by atoms with van der Waals surface area (Å²) in [6, 6.07) is 8.85. The Morgan fingerprint density at radius 3 is 2.56 bits per heavy atom. The number of likely N-dealkylation sites (N-methyl/N-ethyl adjacent to an activating group) is 1. The molecular formula is C13H18N2O3. The molecule has 1 aromatic carbocycles. The van der Waals surface area contributed by atoms with Crippen molar-refractivity contribution in [1.29, 1.82) is 0 Å². The normalized spacial score (nSPS) is 9.89. The van der Waals surface area contributed by atoms with Gasteiger partial charge in [-0.2, -0.15) is 0 Å². The van der Waals surface area contributed by atoms with Crippen molar-refractivity contribution in [2.24, 2.45) is 0 Å². The molecule has 2 N–H and O–H groups in total. The minimum absolute atomic E-state index is 0.0569. The fraction of sp³-hybridized carbons (Fsp3) is 0.385. The lowest BCUT2D eigenvalue weighted by Crippen LogP contribution is -2.33. The van der Waals surface area contributed by atoms with Gasteiger partial charge in [-0.1, -0.05) is 18.2 Å². The molecule has 5 heteroatoms. The molecule has 0 bridgehead atoms. The molecule has 1 aromatic rings. The maximum Gasteiger partial charge on any atom is 0.251 e. The van der Waals surface area contributed by atoms with Crippen LogP contribution in [0.1, 0.15) is 16.8 Å². The third kappa shape index (κ3) is 4.55. The second-order valence-electron chi connectivity index (χ2n) is 3.91. The number of aliphatic hydroxyl groups is 1. The van der Waals surface area contributed by atoms with Gasteiger partial charge in [0.05, 0.1) is 6.61 Å². The largest absolute Gasteiger partial charge is 0.395 e. The number of carbonyl (C=O) groups excluding carboxylic acids is 2. The highest BCUT2D eigenvalue weighted by Gasteiger charge is 2.09. The Hall–Kier alpha value is -1.88. The van der Waals surface area contributed by atoms with E-state index in [1.54, 1.807) is 31.3 Å². The number of hydrogen-bond donors (Lipinski definition) is 2. The van der Waals surface area contributed by atoms with Crippen molar-refractivity contribution in [3.8, 4) is 0 Å². The highest BCUT2D eigenvalue weighted by Crippen LogP contribution is 1.98. The minimum Gasteiger partial charge on any atom is -0.395 e. The molecule has 0 aliphatic rings. The summed E-state index contributed by atoms with van der Waals surface area (Å²) in [5.74, 6) is -0.286. The molecule has 0 fully saturated rings. The quantitative estimate of drug-likeness (QED) is 0.760. The Morgan fingerprint density at radius 1 is 1.28 bits per heavy atom. The van der Waals surface area contributed by atoms with Crippen molar-refractivity contribution in [3.63, 3.8) is 0 Å². The Kier molecular flexibility index (Phi) is 5.87. The van der Waals surface area contributed by atoms with E-state index in [0.717, 1.165) is 0 Å². The number of benzene rings is 1. The third-order valence-electron chi connectivity index (χ3n) is 2.52. The molecule has 5 nitrogen and oxygen atoms in total. The van der Waals surface area contributed by atoms with E-state index in [-0.39, 0.29) is 24.8 Å². The Labute approximate surface area is 106 Å². The van der Waals surface area contributed by atoms with E-state index in [4.69, 9.17) is 5.11 Å². The van der Waals surface area contributed by atoms with E-state index < -0.39 is 0 Å². The van der Waals surface area contributed by atoms with Crippen LogP contribution in [-0.4, -0.2) is 48.6 Å². The van der Waals surface area contributed by atoms with Crippen LogP contribution in [0.5, 0.6) is 0 Å². The van der Waals surface area contributed by atoms with Crippen LogP contribution < -0.4 is 5.32 Å². The summed E-state index contributed by atoms with van der Waals surface area (Å²) in [6.07, 6.45) is 0.231. The molecule has 0 spiro atoms. The van der Waals surface area contributed by atoms with Crippen LogP contribution in [0.3, 0.4) is 0 Å². The third-order valence-corrected chi connectivity index (χ3v) is 2.52. The number of aliphatic hydroxyl groups excluding tert-OH is 1. The number of amides is 2. The van der Waals surface area contributed by atoms with Crippen LogP contribution in [0.2, 0.25) is 0 Å². The molecule has 0 saturated heterocycles. The molecule has 0 heterocycles. The van der Waals surface area contributed by atoms with E-state index in [9.17, 15) is 9.59 Å². The first kappa shape index (κ1) is 14.2. The van der Waals surface area contributed by atoms with Crippen LogP contribution in [0.25, 0.3) is 0 Å². The zero-order valence-electron chi connectivity index (χ0n) is 10.4. The van der Waals surface area contributed by atoms with Gasteiger partial charge in [0.1, 0.15) is 0 Å². The molecule has 0 unspecified atom stereocenters. The molecule has 0 atom stereocenters. The van der Waals surface area contributed by atoms with Crippen molar-refractivity contribution in [2.45, 2.75) is 6.42 Å². The zero-order chi connectivity index (χ0) is 13.4. The Bertz CT molecular complexity index is 392. The van der Waals surface area contributed by atoms with Gasteiger partial charge in [-0.05, 0) is 12.1 Å². The summed E-state index contributed by atoms with van der Waals surface area (Å²) in [5.41, 5.74) is 0.577. The van der Waals surface area contributed by atoms with Gasteiger partial charge in [-0.15, -0.1) is 0 Å². The topological polar surface area (TPSA) is 69.6 Å². The van der Waals surface area contributed by atoms with Crippen LogP contribution in [0.15, 0.2) is 30.3 Å². The van der Waals surface area contributed by atoms with Gasteiger partial charge in [0, 0.05) is 32.1 Å². The van der Waals surface area contributed by atoms with Crippen LogP contribution in [0.4, 0.5) is 0 Å². The smallest absolute Gasteiger partial charge is 0.251 e. The molecule has 0 radical (unpaired) electrons. The lowest BCUT2D eigenvalue weighted by Gasteiger charge is -2.15. The van der Waals surface area contributed by atoms with E-state index in [1.807, 2.05) is 6.07 Å². The first-order valence-electron chi connectivity index (χ1n) is 5.83. The van der Waals surface area contributed by atoms with Crippen molar-refractivity contribution in [1.82, 2.24) is 10.2 Å². The van der Waals surface area contributed by atoms with Gasteiger partial charge in [0.15, 0.2) is 0 Å². The van der Waals surface area contributed by atoms with Crippen molar-refractivity contribution >= 4 is 11.8 Å². The maximum absolute atomic E-state index is 11.6. The second-order valence-corrected chi connectivity index (χ2v) is 3.91. The molecule has 0 saturated carbocycles. The van der Waals surface area contributed by atoms with Crippen molar-refractivity contribution in [3.05, 3.63) is 35.9 Å². The SMILES string of the molecule is CN(CCO)C(=O)CCNC(=O)c1ccccc1. The summed E-state index contributed by atoms with van der Waals surface area (Å²) in [4.78, 5) is 24.6. The standard InChI is InChI=1S/C13H18N2O3/c1-15(9-10-16)12(17)7-8-14-13(18)11-5-3-2-4-6-11/h2-6,16H,7-10H2,1H3,(H,14,18). The van der Waals surface area contributed by atoms with Gasteiger partial charge in [0.25, 0.3) is 5.91 Å². The van der Waals surface area contributed by atoms with Gasteiger partial charge in [-0.25, -0.2) is 0 Å². The summed E-state index contributed by atoms with van der Waals surface area (Å²) < 4.78 is 0. The predicted molar refractivity (Wildman–Crippen MR) is 68.1 cm³/mol. The highest BCUT2D eigenvalue weighted by molar-refractivity contribution is 5.94. The first-order chi connectivity index (χ1) is 8.65. The number of rotatable bonds is 6. The van der Waals surface area contributed by atoms with Crippen molar-refractivity contribution < 1.29 is 14.7 Å². The monoisotopic (exact) mass is 250 g/mol. The van der Waals surface area contributed by atoms with Gasteiger partial charge >= 0.3 is 0 Å². The fourth-order valence-corrected chi connectivity index (χ4v) is 1.44. The van der Waals surface area contributed by atoms with Crippen LogP contribution in [-0.2, 0) is 4.79 Å². The van der Waals surface area contributed by atoms with E-state index in [1.165, 1.54) is 4.90 Å². The molecule has 1 rings (SSSR count). The average molecular weight is 250 g/mol. The van der Waals surface area contributed by atoms with Crippen LogP contribution >= 0.6 is 0 Å². The number of carbonyl (C=O) groups is 2. The van der Waals surface area contributed by atoms with E-state index in [0.29, 0.717) is 18.7 Å². The molecule has 0 aliphatic heterocycles. The molecule has 0 aliphatic carbocycles. The molecule has 0 aromatic heterocycles. The maximum atomic E-state index is 11.6. The molecule has 98 valence electrons. The molecule has 2 amide bonds. The highest BCUT2D eigenvalue weighted by atomic mass is 16.3. The summed E-state index contributed by atoms with van der Waals surface area (Å²) in [6.45, 7) is 0.548. The van der Waals surface area contributed by atoms with Gasteiger partial charge in [-0.3, -0.25) is 9.59 Å². The minimum atomic E-state index is -0.187. The zero-order valence-corrected chi connectivity index (χ0v) is 10.4. The van der Waals surface area contributed by atoms with E-state index in [2.05, 4.69) is 5.32 Å². The lowest BCUT2D eigenvalue weighted by molar-refractivity contribution is -0.130. The molecule has 18 heavy (non-hydrogen) atoms. The summed E-state index contributed by atoms with van der Waals surface area (Å²) in [7, 11) is 1.62. The van der Waals surface area contributed by atoms with Crippen LogP contribution in [0, 0.1) is 0 Å². The average Bonchev–Trinajstić information content (AvgIpc) is 2.39. The second kappa shape index (κ2) is 7.45. The predicted octanol–water partition coefficient (Wildman–Crippen LogP) is 0.257. The van der Waals surface area contributed by atoms with Gasteiger partial charge in [0.2, 0.25) is 5.91 Å². The number of nitrogens with zero attached hydrogens (tertiary/aromatic N) is 1. The number of hydrogen-bond acceptors (Lipinski definition) is 3. The summed E-state index contributed by atoms with van der Waals surface area (Å²) in [5, 5.41) is 11.4. The van der Waals surface area contributed by atoms with Crippen molar-refractivity contribution in [2.75, 3.05) is 26.7 Å². The fourth-order valence-electron chi connectivity index (χ4n) is 1.44. The lowest BCUT2D eigenvalue weighted by atomic mass is 10.2. The first-order valence-corrected chi connectivity index (χ1v) is 5.83. The molecular weight excluding hydrogens is 232 g/mol. The Balaban J connectivity index is 2.30. The summed E-state index contributed by atoms with van der Waals surface area (Å²) >= 11 is 0.